The first-order valence-electron chi connectivity index (χ1n) is 8.47. The first kappa shape index (κ1) is 18.9. The molecule has 0 radical (unpaired) electrons. The number of methoxy groups -OCH3 is 1. The van der Waals surface area contributed by atoms with Crippen molar-refractivity contribution in [3.05, 3.63) is 40.8 Å². The summed E-state index contributed by atoms with van der Waals surface area (Å²) in [5, 5.41) is 0.678. The Hall–Kier alpha value is -2.43. The molecule has 0 aliphatic carbocycles. The Morgan fingerprint density at radius 3 is 2.56 bits per heavy atom. The maximum atomic E-state index is 12.2. The van der Waals surface area contributed by atoms with Gasteiger partial charge in [-0.2, -0.15) is 0 Å². The number of allylic oxidation sites excluding steroid dienone is 1. The number of hydrogen-bond acceptors (Lipinski definition) is 5. The summed E-state index contributed by atoms with van der Waals surface area (Å²) in [4.78, 5) is 12.2. The molecule has 1 aromatic carbocycles. The fourth-order valence-corrected chi connectivity index (χ4v) is 2.39. The van der Waals surface area contributed by atoms with Gasteiger partial charge in [-0.25, -0.2) is 4.79 Å². The summed E-state index contributed by atoms with van der Waals surface area (Å²) in [6.45, 7) is 8.40. The van der Waals surface area contributed by atoms with Gasteiger partial charge in [0.05, 0.1) is 19.1 Å². The van der Waals surface area contributed by atoms with Crippen molar-refractivity contribution >= 4 is 11.0 Å². The predicted octanol–water partition coefficient (Wildman–Crippen LogP) is 4.71. The van der Waals surface area contributed by atoms with E-state index in [2.05, 4.69) is 19.1 Å². The second kappa shape index (κ2) is 8.10. The van der Waals surface area contributed by atoms with Crippen molar-refractivity contribution in [1.82, 2.24) is 0 Å². The summed E-state index contributed by atoms with van der Waals surface area (Å²) in [7, 11) is 1.43. The van der Waals surface area contributed by atoms with Gasteiger partial charge < -0.3 is 18.6 Å². The Kier molecular flexibility index (Phi) is 6.12. The van der Waals surface area contributed by atoms with Gasteiger partial charge in [0.25, 0.3) is 0 Å². The fourth-order valence-electron chi connectivity index (χ4n) is 2.39. The van der Waals surface area contributed by atoms with Crippen molar-refractivity contribution in [1.29, 1.82) is 0 Å². The van der Waals surface area contributed by atoms with E-state index < -0.39 is 5.63 Å². The molecule has 0 bridgehead atoms. The van der Waals surface area contributed by atoms with Crippen LogP contribution in [0.2, 0.25) is 0 Å². The van der Waals surface area contributed by atoms with E-state index in [9.17, 15) is 4.79 Å². The number of ether oxygens (including phenoxy) is 3. The smallest absolute Gasteiger partial charge is 0.383 e. The average molecular weight is 346 g/mol. The van der Waals surface area contributed by atoms with Gasteiger partial charge in [-0.05, 0) is 45.7 Å². The quantitative estimate of drug-likeness (QED) is 0.413. The van der Waals surface area contributed by atoms with Crippen molar-refractivity contribution in [2.75, 3.05) is 13.7 Å². The number of benzene rings is 1. The molecule has 0 saturated heterocycles. The molecule has 0 unspecified atom stereocenters. The molecule has 136 valence electrons. The Morgan fingerprint density at radius 2 is 1.92 bits per heavy atom. The van der Waals surface area contributed by atoms with Crippen molar-refractivity contribution in [3.63, 3.8) is 0 Å². The molecule has 0 fully saturated rings. The van der Waals surface area contributed by atoms with Crippen molar-refractivity contribution in [2.24, 2.45) is 0 Å². The number of rotatable bonds is 7. The van der Waals surface area contributed by atoms with Gasteiger partial charge >= 0.3 is 5.63 Å². The van der Waals surface area contributed by atoms with Gasteiger partial charge in [0, 0.05) is 6.07 Å². The van der Waals surface area contributed by atoms with E-state index in [1.165, 1.54) is 7.11 Å². The van der Waals surface area contributed by atoms with Crippen LogP contribution in [0.4, 0.5) is 0 Å². The molecule has 0 amide bonds. The van der Waals surface area contributed by atoms with E-state index >= 15 is 0 Å². The highest BCUT2D eigenvalue weighted by atomic mass is 16.5. The second-order valence-corrected chi connectivity index (χ2v) is 6.64. The molecule has 0 N–H and O–H groups in total. The Labute approximate surface area is 148 Å². The summed E-state index contributed by atoms with van der Waals surface area (Å²) in [5.74, 6) is 1.11. The minimum atomic E-state index is -0.568. The standard InChI is InChI=1S/C20H26O5/c1-6-7-8-9-12-23-17-15-11-10-14(25-20(2,3)4)13-16(15)24-19(21)18(17)22-5/h7-8,10-11,13H,6,9,12H2,1-5H3/b8-7+. The van der Waals surface area contributed by atoms with Crippen molar-refractivity contribution in [2.45, 2.75) is 46.1 Å². The van der Waals surface area contributed by atoms with Crippen LogP contribution in [0.5, 0.6) is 17.2 Å². The molecular weight excluding hydrogens is 320 g/mol. The van der Waals surface area contributed by atoms with E-state index in [4.69, 9.17) is 18.6 Å². The lowest BCUT2D eigenvalue weighted by molar-refractivity contribution is 0.131. The molecule has 5 heteroatoms. The average Bonchev–Trinajstić information content (AvgIpc) is 2.52. The Bertz CT molecular complexity index is 796. The Balaban J connectivity index is 2.39. The number of hydrogen-bond donors (Lipinski definition) is 0. The van der Waals surface area contributed by atoms with Gasteiger partial charge in [0.15, 0.2) is 5.75 Å². The molecule has 0 saturated carbocycles. The lowest BCUT2D eigenvalue weighted by atomic mass is 10.1. The SMILES string of the molecule is CC/C=C/CCOc1c(OC)c(=O)oc2cc(OC(C)(C)C)ccc12. The van der Waals surface area contributed by atoms with Crippen molar-refractivity contribution in [3.8, 4) is 17.2 Å². The first-order valence-corrected chi connectivity index (χ1v) is 8.47. The van der Waals surface area contributed by atoms with Crippen LogP contribution in [-0.4, -0.2) is 19.3 Å². The third-order valence-electron chi connectivity index (χ3n) is 3.35. The summed E-state index contributed by atoms with van der Waals surface area (Å²) < 4.78 is 22.2. The lowest BCUT2D eigenvalue weighted by Crippen LogP contribution is -2.22. The van der Waals surface area contributed by atoms with Gasteiger partial charge in [0.2, 0.25) is 5.75 Å². The predicted molar refractivity (Wildman–Crippen MR) is 99.0 cm³/mol. The molecule has 2 aromatic rings. The number of fused-ring (bicyclic) bond motifs is 1. The highest BCUT2D eigenvalue weighted by Crippen LogP contribution is 2.35. The van der Waals surface area contributed by atoms with E-state index in [0.29, 0.717) is 29.1 Å². The van der Waals surface area contributed by atoms with E-state index in [1.807, 2.05) is 32.9 Å². The zero-order valence-electron chi connectivity index (χ0n) is 15.5. The minimum absolute atomic E-state index is 0.0801. The zero-order valence-corrected chi connectivity index (χ0v) is 15.5. The Morgan fingerprint density at radius 1 is 1.16 bits per heavy atom. The van der Waals surface area contributed by atoms with Crippen LogP contribution in [0, 0.1) is 0 Å². The zero-order chi connectivity index (χ0) is 18.4. The third kappa shape index (κ3) is 5.02. The molecule has 0 aliphatic heterocycles. The maximum absolute atomic E-state index is 12.2. The van der Waals surface area contributed by atoms with Gasteiger partial charge in [0.1, 0.15) is 16.9 Å². The lowest BCUT2D eigenvalue weighted by Gasteiger charge is -2.21. The molecule has 0 atom stereocenters. The van der Waals surface area contributed by atoms with Gasteiger partial charge in [-0.3, -0.25) is 0 Å². The largest absolute Gasteiger partial charge is 0.488 e. The summed E-state index contributed by atoms with van der Waals surface area (Å²) in [5.41, 5.74) is -0.501. The first-order chi connectivity index (χ1) is 11.9. The normalized spacial score (nSPS) is 11.9. The molecule has 5 nitrogen and oxygen atoms in total. The van der Waals surface area contributed by atoms with Crippen LogP contribution >= 0.6 is 0 Å². The second-order valence-electron chi connectivity index (χ2n) is 6.64. The van der Waals surface area contributed by atoms with Gasteiger partial charge in [-0.1, -0.05) is 19.1 Å². The van der Waals surface area contributed by atoms with Crippen LogP contribution in [0.15, 0.2) is 39.6 Å². The van der Waals surface area contributed by atoms with Crippen molar-refractivity contribution < 1.29 is 18.6 Å². The molecular formula is C20H26O5. The van der Waals surface area contributed by atoms with Crippen LogP contribution in [0.1, 0.15) is 40.5 Å². The topological polar surface area (TPSA) is 57.9 Å². The van der Waals surface area contributed by atoms with Crippen LogP contribution in [-0.2, 0) is 0 Å². The fraction of sp³-hybridized carbons (Fsp3) is 0.450. The van der Waals surface area contributed by atoms with Gasteiger partial charge in [-0.15, -0.1) is 0 Å². The monoisotopic (exact) mass is 346 g/mol. The van der Waals surface area contributed by atoms with Crippen LogP contribution in [0.25, 0.3) is 11.0 Å². The molecule has 1 aromatic heterocycles. The summed E-state index contributed by atoms with van der Waals surface area (Å²) in [6.07, 6.45) is 5.87. The molecule has 2 rings (SSSR count). The molecule has 0 aliphatic rings. The highest BCUT2D eigenvalue weighted by Gasteiger charge is 2.19. The van der Waals surface area contributed by atoms with E-state index in [-0.39, 0.29) is 11.4 Å². The molecule has 0 spiro atoms. The van der Waals surface area contributed by atoms with Crippen LogP contribution in [0.3, 0.4) is 0 Å². The van der Waals surface area contributed by atoms with E-state index in [0.717, 1.165) is 12.8 Å². The molecule has 1 heterocycles. The van der Waals surface area contributed by atoms with E-state index in [1.54, 1.807) is 6.07 Å². The van der Waals surface area contributed by atoms with Crippen LogP contribution < -0.4 is 19.8 Å². The summed E-state index contributed by atoms with van der Waals surface area (Å²) in [6, 6.07) is 5.35. The molecule has 25 heavy (non-hydrogen) atoms. The third-order valence-corrected chi connectivity index (χ3v) is 3.35. The minimum Gasteiger partial charge on any atom is -0.488 e. The summed E-state index contributed by atoms with van der Waals surface area (Å²) >= 11 is 0. The maximum Gasteiger partial charge on any atom is 0.383 e. The highest BCUT2D eigenvalue weighted by molar-refractivity contribution is 5.86.